The van der Waals surface area contributed by atoms with E-state index in [1.807, 2.05) is 0 Å². The molecule has 0 amide bonds. The Balaban J connectivity index is -0.0000000776. The first kappa shape index (κ1) is 61.8. The van der Waals surface area contributed by atoms with E-state index in [9.17, 15) is 65.9 Å². The van der Waals surface area contributed by atoms with E-state index in [-0.39, 0.29) is 133 Å². The molecule has 0 spiro atoms. The fourth-order valence-corrected chi connectivity index (χ4v) is 2.76. The predicted molar refractivity (Wildman–Crippen MR) is 127 cm³/mol. The van der Waals surface area contributed by atoms with Gasteiger partial charge in [-0.2, -0.15) is 17.6 Å². The quantitative estimate of drug-likeness (QED) is 0.144. The number of rotatable bonds is 6. The van der Waals surface area contributed by atoms with Gasteiger partial charge in [-0.1, -0.05) is 13.8 Å². The molecule has 2 saturated heterocycles. The van der Waals surface area contributed by atoms with E-state index in [4.69, 9.17) is 0 Å². The van der Waals surface area contributed by atoms with Crippen LogP contribution in [0.1, 0.15) is 27.7 Å². The molecule has 11 nitrogen and oxygen atoms in total. The molecule has 0 N–H and O–H groups in total. The second kappa shape index (κ2) is 29.4. The first-order valence-corrected chi connectivity index (χ1v) is 14.1. The summed E-state index contributed by atoms with van der Waals surface area (Å²) >= 11 is 0. The number of ketones is 1. The molecule has 0 aromatic carbocycles. The minimum absolute atomic E-state index is 0. The van der Waals surface area contributed by atoms with Gasteiger partial charge in [0.15, 0.2) is 20.2 Å². The largest absolute Gasteiger partial charge is 1.00 e. The number of Topliss-reactive ketones (excluding diaryl/α,β-unsaturated/α-hetero) is 1. The standard InChI is InChI=1S/2C6H14N2.C3H6O.2C2H2F4O3S.2ClH.2K/c2*1-3-8-5-4-7(2)6-8;1-3(2)4;2*3-1(4)2(5,6)10(7,8)9;;;;/h2*3-6H2,1-2H3;1-2H3;2*1H,(H,7,8,9);2*1H;;/q;;;;;;;2*+1/p-4. The van der Waals surface area contributed by atoms with Gasteiger partial charge in [-0.05, 0) is 41.0 Å². The molecule has 2 rings (SSSR count). The Morgan fingerprint density at radius 1 is 0.682 bits per heavy atom. The number of nitrogens with zero attached hydrogens (tertiary/aromatic N) is 4. The van der Waals surface area contributed by atoms with Gasteiger partial charge in [0.25, 0.3) is 0 Å². The van der Waals surface area contributed by atoms with Crippen LogP contribution in [0.4, 0.5) is 35.1 Å². The molecule has 2 fully saturated rings. The Labute approximate surface area is 351 Å². The third-order valence-electron chi connectivity index (χ3n) is 4.55. The van der Waals surface area contributed by atoms with Gasteiger partial charge in [-0.15, -0.1) is 0 Å². The van der Waals surface area contributed by atoms with E-state index in [2.05, 4.69) is 47.5 Å². The van der Waals surface area contributed by atoms with Crippen molar-refractivity contribution < 1.29 is 193 Å². The van der Waals surface area contributed by atoms with Crippen molar-refractivity contribution in [3.8, 4) is 0 Å². The maximum atomic E-state index is 11.4. The first-order valence-electron chi connectivity index (χ1n) is 11.3. The van der Waals surface area contributed by atoms with Crippen LogP contribution in [0.5, 0.6) is 0 Å². The van der Waals surface area contributed by atoms with Crippen LogP contribution in [0.3, 0.4) is 0 Å². The van der Waals surface area contributed by atoms with Crippen molar-refractivity contribution in [2.45, 2.75) is 51.1 Å². The van der Waals surface area contributed by atoms with Gasteiger partial charge >= 0.3 is 126 Å². The van der Waals surface area contributed by atoms with Crippen molar-refractivity contribution in [3.05, 3.63) is 0 Å². The molecule has 0 unspecified atom stereocenters. The fraction of sp³-hybridized carbons (Fsp3) is 0.947. The molecule has 0 atom stereocenters. The van der Waals surface area contributed by atoms with E-state index in [1.165, 1.54) is 53.1 Å². The molecule has 2 heterocycles. The Morgan fingerprint density at radius 3 is 0.932 bits per heavy atom. The van der Waals surface area contributed by atoms with Crippen LogP contribution in [-0.2, 0) is 25.0 Å². The van der Waals surface area contributed by atoms with Gasteiger partial charge in [0.05, 0.1) is 13.3 Å². The molecule has 44 heavy (non-hydrogen) atoms. The molecule has 0 aromatic rings. The Kier molecular flexibility index (Phi) is 41.2. The van der Waals surface area contributed by atoms with Crippen LogP contribution >= 0.6 is 0 Å². The van der Waals surface area contributed by atoms with E-state index in [0.29, 0.717) is 0 Å². The maximum absolute atomic E-state index is 11.4. The van der Waals surface area contributed by atoms with Gasteiger partial charge in [0, 0.05) is 26.2 Å². The summed E-state index contributed by atoms with van der Waals surface area (Å²) in [6, 6.07) is 0. The summed E-state index contributed by atoms with van der Waals surface area (Å²) in [7, 11) is -8.15. The fourth-order valence-electron chi connectivity index (χ4n) is 2.32. The summed E-state index contributed by atoms with van der Waals surface area (Å²) in [5.74, 6) is 0.167. The molecule has 2 aliphatic heterocycles. The average Bonchev–Trinajstić information content (AvgIpc) is 3.40. The summed E-state index contributed by atoms with van der Waals surface area (Å²) in [5.41, 5.74) is 0. The van der Waals surface area contributed by atoms with Crippen molar-refractivity contribution in [3.63, 3.8) is 0 Å². The monoisotopic (exact) mass is 796 g/mol. The van der Waals surface area contributed by atoms with E-state index >= 15 is 0 Å². The topological polar surface area (TPSA) is 144 Å². The zero-order valence-electron chi connectivity index (χ0n) is 25.6. The molecule has 2 aliphatic rings. The maximum Gasteiger partial charge on any atom is 1.00 e. The Hall–Kier alpha value is 2.62. The summed E-state index contributed by atoms with van der Waals surface area (Å²) in [6.07, 6.45) is -8.95. The van der Waals surface area contributed by atoms with Crippen molar-refractivity contribution in [2.75, 3.05) is 66.7 Å². The van der Waals surface area contributed by atoms with Crippen molar-refractivity contribution in [1.82, 2.24) is 19.6 Å². The average molecular weight is 798 g/mol. The molecular formula is C19H36Cl2F8K2N4O7S2-2. The van der Waals surface area contributed by atoms with E-state index in [1.54, 1.807) is 0 Å². The third kappa shape index (κ3) is 28.5. The van der Waals surface area contributed by atoms with Gasteiger partial charge in [-0.3, -0.25) is 19.6 Å². The Morgan fingerprint density at radius 2 is 0.886 bits per heavy atom. The van der Waals surface area contributed by atoms with Crippen molar-refractivity contribution in [2.24, 2.45) is 0 Å². The molecule has 0 radical (unpaired) electrons. The molecule has 0 bridgehead atoms. The number of likely N-dealkylation sites (N-methyl/N-ethyl adjacent to an activating group) is 4. The molecule has 260 valence electrons. The number of hydrogen-bond donors (Lipinski definition) is 0. The molecule has 0 saturated carbocycles. The van der Waals surface area contributed by atoms with Crippen LogP contribution in [0, 0.1) is 0 Å². The number of carbonyl (C=O) groups excluding carboxylic acids is 1. The summed E-state index contributed by atoms with van der Waals surface area (Å²) in [6.45, 7) is 17.2. The zero-order chi connectivity index (χ0) is 32.7. The molecule has 0 aromatic heterocycles. The van der Waals surface area contributed by atoms with Gasteiger partial charge in [0.1, 0.15) is 5.78 Å². The van der Waals surface area contributed by atoms with E-state index in [0.717, 1.165) is 13.3 Å². The summed E-state index contributed by atoms with van der Waals surface area (Å²) in [4.78, 5) is 19.0. The molecule has 25 heteroatoms. The van der Waals surface area contributed by atoms with Crippen LogP contribution in [-0.4, -0.2) is 141 Å². The second-order valence-corrected chi connectivity index (χ2v) is 11.3. The summed E-state index contributed by atoms with van der Waals surface area (Å²) < 4.78 is 145. The van der Waals surface area contributed by atoms with Crippen LogP contribution in [0.2, 0.25) is 0 Å². The van der Waals surface area contributed by atoms with E-state index < -0.39 is 43.6 Å². The minimum atomic E-state index is -6.23. The van der Waals surface area contributed by atoms with Crippen LogP contribution in [0.25, 0.3) is 0 Å². The number of hydrogen-bond acceptors (Lipinski definition) is 11. The SMILES string of the molecule is CC(C)=O.CCN1CCN(C)C1.CCN1CCN(C)C1.O=S(=O)([O-])C(F)(F)C(F)F.O=S(=O)([O-])C(F)(F)C(F)F.[Cl-].[Cl-].[K+].[K+]. The number of halogens is 10. The normalized spacial score (nSPS) is 16.0. The van der Waals surface area contributed by atoms with Crippen LogP contribution in [0.15, 0.2) is 0 Å². The van der Waals surface area contributed by atoms with Gasteiger partial charge < -0.3 is 38.7 Å². The predicted octanol–water partition coefficient (Wildman–Crippen LogP) is -10.2. The molecule has 0 aliphatic carbocycles. The molecular weight excluding hydrogens is 761 g/mol. The minimum Gasteiger partial charge on any atom is -1.00 e. The third-order valence-corrected chi connectivity index (χ3v) is 6.24. The van der Waals surface area contributed by atoms with Gasteiger partial charge in [-0.25, -0.2) is 34.4 Å². The van der Waals surface area contributed by atoms with Crippen molar-refractivity contribution >= 4 is 26.0 Å². The van der Waals surface area contributed by atoms with Crippen molar-refractivity contribution in [1.29, 1.82) is 0 Å². The second-order valence-electron chi connectivity index (χ2n) is 8.40. The van der Waals surface area contributed by atoms with Crippen LogP contribution < -0.4 is 128 Å². The number of carbonyl (C=O) groups is 1. The Bertz CT molecular complexity index is 881. The smallest absolute Gasteiger partial charge is 1.00 e. The van der Waals surface area contributed by atoms with Gasteiger partial charge in [0.2, 0.25) is 0 Å². The first-order chi connectivity index (χ1) is 17.8. The number of alkyl halides is 8. The zero-order valence-corrected chi connectivity index (χ0v) is 34.9. The summed E-state index contributed by atoms with van der Waals surface area (Å²) in [5, 5.41) is -11.0.